The molecule has 1 aliphatic rings. The van der Waals surface area contributed by atoms with E-state index in [9.17, 15) is 8.42 Å². The standard InChI is InChI=1S/C14H24N2O3S2/c1-4-5-15-9-13-8-14(12(3)20-13)21(17,18)16-6-7-19-11(2)10-16/h8,11,15H,4-7,9-10H2,1-3H3. The van der Waals surface area contributed by atoms with Crippen LogP contribution < -0.4 is 5.32 Å². The van der Waals surface area contributed by atoms with E-state index in [0.717, 1.165) is 29.3 Å². The van der Waals surface area contributed by atoms with Gasteiger partial charge in [0.2, 0.25) is 10.0 Å². The summed E-state index contributed by atoms with van der Waals surface area (Å²) in [5, 5.41) is 3.31. The van der Waals surface area contributed by atoms with Gasteiger partial charge in [0.1, 0.15) is 0 Å². The Morgan fingerprint density at radius 2 is 2.29 bits per heavy atom. The molecule has 5 nitrogen and oxygen atoms in total. The lowest BCUT2D eigenvalue weighted by molar-refractivity contribution is 0.0102. The first-order valence-electron chi connectivity index (χ1n) is 7.37. The second-order valence-corrected chi connectivity index (χ2v) is 8.60. The van der Waals surface area contributed by atoms with Gasteiger partial charge in [-0.05, 0) is 32.9 Å². The summed E-state index contributed by atoms with van der Waals surface area (Å²) in [6.07, 6.45) is 1.03. The maximum absolute atomic E-state index is 12.8. The smallest absolute Gasteiger partial charge is 0.244 e. The Bertz CT molecular complexity index is 569. The molecule has 1 aliphatic heterocycles. The predicted molar refractivity (Wildman–Crippen MR) is 85.2 cm³/mol. The van der Waals surface area contributed by atoms with Crippen molar-refractivity contribution in [1.29, 1.82) is 0 Å². The Morgan fingerprint density at radius 3 is 2.95 bits per heavy atom. The normalized spacial score (nSPS) is 20.8. The van der Waals surface area contributed by atoms with Gasteiger partial charge in [-0.1, -0.05) is 6.92 Å². The monoisotopic (exact) mass is 332 g/mol. The third kappa shape index (κ3) is 4.04. The summed E-state index contributed by atoms with van der Waals surface area (Å²) in [7, 11) is -3.40. The minimum Gasteiger partial charge on any atom is -0.376 e. The highest BCUT2D eigenvalue weighted by Gasteiger charge is 2.31. The molecule has 21 heavy (non-hydrogen) atoms. The Labute approximate surface area is 131 Å². The second kappa shape index (κ2) is 7.19. The highest BCUT2D eigenvalue weighted by atomic mass is 32.2. The van der Waals surface area contributed by atoms with E-state index in [0.29, 0.717) is 24.6 Å². The molecule has 120 valence electrons. The summed E-state index contributed by atoms with van der Waals surface area (Å²) in [6, 6.07) is 1.82. The first-order valence-corrected chi connectivity index (χ1v) is 9.62. The zero-order valence-electron chi connectivity index (χ0n) is 12.9. The van der Waals surface area contributed by atoms with Crippen LogP contribution in [0.25, 0.3) is 0 Å². The van der Waals surface area contributed by atoms with E-state index in [4.69, 9.17) is 4.74 Å². The molecule has 0 aromatic carbocycles. The van der Waals surface area contributed by atoms with Gasteiger partial charge in [0.25, 0.3) is 0 Å². The zero-order valence-corrected chi connectivity index (χ0v) is 14.5. The average molecular weight is 332 g/mol. The molecule has 1 unspecified atom stereocenters. The SMILES string of the molecule is CCCNCc1cc(S(=O)(=O)N2CCOC(C)C2)c(C)s1. The Balaban J connectivity index is 2.15. The van der Waals surface area contributed by atoms with Crippen molar-refractivity contribution in [2.45, 2.75) is 44.7 Å². The lowest BCUT2D eigenvalue weighted by Crippen LogP contribution is -2.44. The molecule has 1 saturated heterocycles. The van der Waals surface area contributed by atoms with Crippen molar-refractivity contribution in [3.05, 3.63) is 15.8 Å². The minimum absolute atomic E-state index is 0.0434. The van der Waals surface area contributed by atoms with Crippen LogP contribution in [0, 0.1) is 6.92 Å². The van der Waals surface area contributed by atoms with Crippen molar-refractivity contribution in [2.24, 2.45) is 0 Å². The Morgan fingerprint density at radius 1 is 1.52 bits per heavy atom. The fourth-order valence-corrected chi connectivity index (χ4v) is 5.47. The molecule has 0 saturated carbocycles. The molecule has 0 radical (unpaired) electrons. The quantitative estimate of drug-likeness (QED) is 0.809. The molecule has 1 atom stereocenters. The molecule has 2 heterocycles. The molecule has 0 spiro atoms. The van der Waals surface area contributed by atoms with Crippen LogP contribution in [0.15, 0.2) is 11.0 Å². The first kappa shape index (κ1) is 16.9. The molecule has 0 aliphatic carbocycles. The summed E-state index contributed by atoms with van der Waals surface area (Å²) in [6.45, 7) is 8.91. The van der Waals surface area contributed by atoms with Gasteiger partial charge in [-0.3, -0.25) is 0 Å². The van der Waals surface area contributed by atoms with E-state index in [1.54, 1.807) is 15.6 Å². The molecule has 1 aromatic rings. The van der Waals surface area contributed by atoms with Crippen LogP contribution in [0.2, 0.25) is 0 Å². The first-order chi connectivity index (χ1) is 9.95. The predicted octanol–water partition coefficient (Wildman–Crippen LogP) is 1.97. The van der Waals surface area contributed by atoms with Crippen molar-refractivity contribution in [1.82, 2.24) is 9.62 Å². The number of hydrogen-bond acceptors (Lipinski definition) is 5. The van der Waals surface area contributed by atoms with Crippen LogP contribution in [0.4, 0.5) is 0 Å². The van der Waals surface area contributed by atoms with Gasteiger partial charge in [-0.2, -0.15) is 4.31 Å². The van der Waals surface area contributed by atoms with Crippen LogP contribution in [0.5, 0.6) is 0 Å². The van der Waals surface area contributed by atoms with E-state index in [2.05, 4.69) is 12.2 Å². The molecule has 0 bridgehead atoms. The molecule has 1 N–H and O–H groups in total. The van der Waals surface area contributed by atoms with Crippen LogP contribution >= 0.6 is 11.3 Å². The lowest BCUT2D eigenvalue weighted by Gasteiger charge is -2.30. The van der Waals surface area contributed by atoms with Crippen molar-refractivity contribution in [3.63, 3.8) is 0 Å². The zero-order chi connectivity index (χ0) is 15.5. The van der Waals surface area contributed by atoms with Crippen molar-refractivity contribution in [3.8, 4) is 0 Å². The van der Waals surface area contributed by atoms with E-state index in [-0.39, 0.29) is 6.10 Å². The topological polar surface area (TPSA) is 58.6 Å². The van der Waals surface area contributed by atoms with Crippen LogP contribution in [-0.2, 0) is 21.3 Å². The highest BCUT2D eigenvalue weighted by Crippen LogP contribution is 2.29. The van der Waals surface area contributed by atoms with Gasteiger partial charge in [0.15, 0.2) is 0 Å². The molecule has 2 rings (SSSR count). The van der Waals surface area contributed by atoms with E-state index in [1.165, 1.54) is 0 Å². The van der Waals surface area contributed by atoms with Crippen molar-refractivity contribution < 1.29 is 13.2 Å². The number of morpholine rings is 1. The second-order valence-electron chi connectivity index (χ2n) is 5.35. The van der Waals surface area contributed by atoms with Crippen molar-refractivity contribution >= 4 is 21.4 Å². The number of rotatable bonds is 6. The van der Waals surface area contributed by atoms with Crippen LogP contribution in [0.1, 0.15) is 30.0 Å². The molecular formula is C14H24N2O3S2. The van der Waals surface area contributed by atoms with E-state index in [1.807, 2.05) is 19.9 Å². The lowest BCUT2D eigenvalue weighted by atomic mass is 10.3. The highest BCUT2D eigenvalue weighted by molar-refractivity contribution is 7.89. The fraction of sp³-hybridized carbons (Fsp3) is 0.714. The summed E-state index contributed by atoms with van der Waals surface area (Å²) < 4.78 is 32.5. The number of thiophene rings is 1. The molecule has 7 heteroatoms. The maximum atomic E-state index is 12.8. The summed E-state index contributed by atoms with van der Waals surface area (Å²) in [5.41, 5.74) is 0. The third-order valence-electron chi connectivity index (χ3n) is 3.47. The Hall–Kier alpha value is -0.470. The number of nitrogens with zero attached hydrogens (tertiary/aromatic N) is 1. The fourth-order valence-electron chi connectivity index (χ4n) is 2.40. The van der Waals surface area contributed by atoms with Gasteiger partial charge >= 0.3 is 0 Å². The van der Waals surface area contributed by atoms with Gasteiger partial charge < -0.3 is 10.1 Å². The van der Waals surface area contributed by atoms with Gasteiger partial charge in [-0.15, -0.1) is 11.3 Å². The number of hydrogen-bond donors (Lipinski definition) is 1. The minimum atomic E-state index is -3.40. The van der Waals surface area contributed by atoms with E-state index >= 15 is 0 Å². The number of ether oxygens (including phenoxy) is 1. The van der Waals surface area contributed by atoms with Crippen LogP contribution in [-0.4, -0.2) is 45.1 Å². The summed E-state index contributed by atoms with van der Waals surface area (Å²) >= 11 is 1.56. The third-order valence-corrected chi connectivity index (χ3v) is 6.64. The van der Waals surface area contributed by atoms with Crippen LogP contribution in [0.3, 0.4) is 0 Å². The number of nitrogens with one attached hydrogen (secondary N) is 1. The molecule has 1 aromatic heterocycles. The largest absolute Gasteiger partial charge is 0.376 e. The number of sulfonamides is 1. The molecule has 1 fully saturated rings. The molecular weight excluding hydrogens is 308 g/mol. The van der Waals surface area contributed by atoms with Crippen molar-refractivity contribution in [2.75, 3.05) is 26.2 Å². The van der Waals surface area contributed by atoms with E-state index < -0.39 is 10.0 Å². The summed E-state index contributed by atoms with van der Waals surface area (Å²) in [4.78, 5) is 2.39. The number of aryl methyl sites for hydroxylation is 1. The van der Waals surface area contributed by atoms with Gasteiger partial charge in [0.05, 0.1) is 17.6 Å². The maximum Gasteiger partial charge on any atom is 0.244 e. The Kier molecular flexibility index (Phi) is 5.79. The summed E-state index contributed by atoms with van der Waals surface area (Å²) in [5.74, 6) is 0. The average Bonchev–Trinajstić information content (AvgIpc) is 2.81. The van der Waals surface area contributed by atoms with Gasteiger partial charge in [-0.25, -0.2) is 8.42 Å². The van der Waals surface area contributed by atoms with Gasteiger partial charge in [0, 0.05) is 29.4 Å². The molecule has 0 amide bonds.